The highest BCUT2D eigenvalue weighted by molar-refractivity contribution is 6.04. The number of carbonyl (C=O) groups excluding carboxylic acids is 2. The number of likely N-dealkylation sites (tertiary alicyclic amines) is 1. The molecular weight excluding hydrogens is 394 g/mol. The number of hydrogen-bond donors (Lipinski definition) is 2. The number of carbonyl (C=O) groups is 2. The van der Waals surface area contributed by atoms with Crippen molar-refractivity contribution >= 4 is 23.2 Å². The van der Waals surface area contributed by atoms with Gasteiger partial charge in [-0.2, -0.15) is 0 Å². The van der Waals surface area contributed by atoms with E-state index in [4.69, 9.17) is 9.47 Å². The van der Waals surface area contributed by atoms with Crippen LogP contribution >= 0.6 is 0 Å². The number of amides is 2. The molecule has 2 N–H and O–H groups in total. The summed E-state index contributed by atoms with van der Waals surface area (Å²) in [6, 6.07) is 14.1. The molecule has 1 aliphatic heterocycles. The quantitative estimate of drug-likeness (QED) is 0.639. The third-order valence-electron chi connectivity index (χ3n) is 5.16. The average Bonchev–Trinajstić information content (AvgIpc) is 2.77. The molecule has 1 aliphatic rings. The third-order valence-corrected chi connectivity index (χ3v) is 5.16. The van der Waals surface area contributed by atoms with Crippen LogP contribution in [0.1, 0.15) is 37.0 Å². The fourth-order valence-electron chi connectivity index (χ4n) is 3.58. The fourth-order valence-corrected chi connectivity index (χ4v) is 3.58. The zero-order valence-corrected chi connectivity index (χ0v) is 18.2. The standard InChI is InChI=1S/C24H31N3O4/c1-3-30-21-11-9-20(10-12-21)26-24(29)18-5-7-19(8-6-18)25-23(28)17-27-15-13-22(14-16-27)31-4-2/h5-12,22H,3-4,13-17H2,1-2H3,(H,25,28)(H,26,29). The van der Waals surface area contributed by atoms with Gasteiger partial charge in [0.25, 0.3) is 5.91 Å². The molecule has 7 nitrogen and oxygen atoms in total. The summed E-state index contributed by atoms with van der Waals surface area (Å²) in [5.74, 6) is 0.500. The first kappa shape index (κ1) is 22.8. The van der Waals surface area contributed by atoms with Crippen molar-refractivity contribution < 1.29 is 19.1 Å². The van der Waals surface area contributed by atoms with Crippen LogP contribution in [0, 0.1) is 0 Å². The molecule has 0 unspecified atom stereocenters. The lowest BCUT2D eigenvalue weighted by Crippen LogP contribution is -2.41. The van der Waals surface area contributed by atoms with E-state index in [0.717, 1.165) is 38.3 Å². The van der Waals surface area contributed by atoms with Crippen LogP contribution in [0.15, 0.2) is 48.5 Å². The zero-order valence-electron chi connectivity index (χ0n) is 18.2. The summed E-state index contributed by atoms with van der Waals surface area (Å²) in [4.78, 5) is 26.9. The molecule has 1 saturated heterocycles. The first-order valence-corrected chi connectivity index (χ1v) is 10.9. The molecule has 0 atom stereocenters. The van der Waals surface area contributed by atoms with E-state index < -0.39 is 0 Å². The van der Waals surface area contributed by atoms with Crippen LogP contribution in [0.3, 0.4) is 0 Å². The summed E-state index contributed by atoms with van der Waals surface area (Å²) in [6.45, 7) is 7.35. The molecule has 2 aromatic rings. The minimum absolute atomic E-state index is 0.0542. The summed E-state index contributed by atoms with van der Waals surface area (Å²) < 4.78 is 11.1. The van der Waals surface area contributed by atoms with Crippen LogP contribution < -0.4 is 15.4 Å². The molecular formula is C24H31N3O4. The van der Waals surface area contributed by atoms with Gasteiger partial charge in [0.15, 0.2) is 0 Å². The van der Waals surface area contributed by atoms with Crippen LogP contribution in [0.4, 0.5) is 11.4 Å². The van der Waals surface area contributed by atoms with Gasteiger partial charge in [0.1, 0.15) is 5.75 Å². The maximum absolute atomic E-state index is 12.4. The normalized spacial score (nSPS) is 14.8. The molecule has 166 valence electrons. The number of hydrogen-bond acceptors (Lipinski definition) is 5. The van der Waals surface area contributed by atoms with E-state index in [2.05, 4.69) is 15.5 Å². The molecule has 3 rings (SSSR count). The van der Waals surface area contributed by atoms with Gasteiger partial charge in [0.05, 0.1) is 19.3 Å². The lowest BCUT2D eigenvalue weighted by atomic mass is 10.1. The van der Waals surface area contributed by atoms with E-state index in [9.17, 15) is 9.59 Å². The molecule has 0 aromatic heterocycles. The molecule has 1 fully saturated rings. The zero-order chi connectivity index (χ0) is 22.1. The van der Waals surface area contributed by atoms with Crippen molar-refractivity contribution in [1.82, 2.24) is 4.90 Å². The highest BCUT2D eigenvalue weighted by Gasteiger charge is 2.21. The molecule has 7 heteroatoms. The molecule has 0 bridgehead atoms. The predicted octanol–water partition coefficient (Wildman–Crippen LogP) is 3.78. The van der Waals surface area contributed by atoms with Crippen molar-refractivity contribution in [1.29, 1.82) is 0 Å². The number of piperidine rings is 1. The maximum Gasteiger partial charge on any atom is 0.255 e. The number of nitrogens with zero attached hydrogens (tertiary/aromatic N) is 1. The number of benzene rings is 2. The first-order valence-electron chi connectivity index (χ1n) is 10.9. The Morgan fingerprint density at radius 1 is 0.903 bits per heavy atom. The largest absolute Gasteiger partial charge is 0.494 e. The highest BCUT2D eigenvalue weighted by atomic mass is 16.5. The first-order chi connectivity index (χ1) is 15.1. The maximum atomic E-state index is 12.4. The Hall–Kier alpha value is -2.90. The van der Waals surface area contributed by atoms with Gasteiger partial charge >= 0.3 is 0 Å². The van der Waals surface area contributed by atoms with Gasteiger partial charge in [-0.15, -0.1) is 0 Å². The van der Waals surface area contributed by atoms with E-state index >= 15 is 0 Å². The lowest BCUT2D eigenvalue weighted by molar-refractivity contribution is -0.118. The molecule has 0 saturated carbocycles. The number of nitrogens with one attached hydrogen (secondary N) is 2. The molecule has 0 radical (unpaired) electrons. The molecule has 1 heterocycles. The van der Waals surface area contributed by atoms with Crippen molar-refractivity contribution in [2.75, 3.05) is 43.5 Å². The number of anilines is 2. The summed E-state index contributed by atoms with van der Waals surface area (Å²) >= 11 is 0. The molecule has 2 amide bonds. The van der Waals surface area contributed by atoms with Crippen molar-refractivity contribution in [2.24, 2.45) is 0 Å². The van der Waals surface area contributed by atoms with E-state index in [0.29, 0.717) is 36.2 Å². The van der Waals surface area contributed by atoms with Crippen molar-refractivity contribution in [3.8, 4) is 5.75 Å². The summed E-state index contributed by atoms with van der Waals surface area (Å²) in [5.41, 5.74) is 1.88. The Kier molecular flexibility index (Phi) is 8.44. The fraction of sp³-hybridized carbons (Fsp3) is 0.417. The average molecular weight is 426 g/mol. The second-order valence-corrected chi connectivity index (χ2v) is 7.47. The van der Waals surface area contributed by atoms with Crippen molar-refractivity contribution in [3.05, 3.63) is 54.1 Å². The van der Waals surface area contributed by atoms with Crippen molar-refractivity contribution in [2.45, 2.75) is 32.8 Å². The summed E-state index contributed by atoms with van der Waals surface area (Å²) in [6.07, 6.45) is 2.23. The van der Waals surface area contributed by atoms with E-state index in [1.54, 1.807) is 36.4 Å². The number of ether oxygens (including phenoxy) is 2. The van der Waals surface area contributed by atoms with Crippen LogP contribution in [0.2, 0.25) is 0 Å². The second kappa shape index (κ2) is 11.5. The molecule has 2 aromatic carbocycles. The smallest absolute Gasteiger partial charge is 0.255 e. The minimum atomic E-state index is -0.209. The van der Waals surface area contributed by atoms with Crippen LogP contribution in [0.5, 0.6) is 5.75 Å². The van der Waals surface area contributed by atoms with Gasteiger partial charge < -0.3 is 20.1 Å². The van der Waals surface area contributed by atoms with Gasteiger partial charge in [-0.25, -0.2) is 0 Å². The molecule has 31 heavy (non-hydrogen) atoms. The Morgan fingerprint density at radius 3 is 2.13 bits per heavy atom. The molecule has 0 spiro atoms. The lowest BCUT2D eigenvalue weighted by Gasteiger charge is -2.31. The van der Waals surface area contributed by atoms with Crippen LogP contribution in [0.25, 0.3) is 0 Å². The SMILES string of the molecule is CCOc1ccc(NC(=O)c2ccc(NC(=O)CN3CCC(OCC)CC3)cc2)cc1. The predicted molar refractivity (Wildman–Crippen MR) is 122 cm³/mol. The van der Waals surface area contributed by atoms with E-state index in [-0.39, 0.29) is 11.8 Å². The van der Waals surface area contributed by atoms with Gasteiger partial charge in [0.2, 0.25) is 5.91 Å². The van der Waals surface area contributed by atoms with Gasteiger partial charge in [-0.05, 0) is 75.2 Å². The molecule has 0 aliphatic carbocycles. The summed E-state index contributed by atoms with van der Waals surface area (Å²) in [7, 11) is 0. The third kappa shape index (κ3) is 7.08. The Balaban J connectivity index is 1.46. The van der Waals surface area contributed by atoms with Crippen molar-refractivity contribution in [3.63, 3.8) is 0 Å². The van der Waals surface area contributed by atoms with Crippen LogP contribution in [-0.2, 0) is 9.53 Å². The second-order valence-electron chi connectivity index (χ2n) is 7.47. The highest BCUT2D eigenvalue weighted by Crippen LogP contribution is 2.18. The van der Waals surface area contributed by atoms with Gasteiger partial charge in [-0.1, -0.05) is 0 Å². The van der Waals surface area contributed by atoms with Gasteiger partial charge in [0, 0.05) is 36.6 Å². The summed E-state index contributed by atoms with van der Waals surface area (Å²) in [5, 5.41) is 5.76. The van der Waals surface area contributed by atoms with Crippen LogP contribution in [-0.4, -0.2) is 55.7 Å². The Bertz CT molecular complexity index is 844. The topological polar surface area (TPSA) is 79.9 Å². The minimum Gasteiger partial charge on any atom is -0.494 e. The van der Waals surface area contributed by atoms with Gasteiger partial charge in [-0.3, -0.25) is 14.5 Å². The Labute approximate surface area is 183 Å². The van der Waals surface area contributed by atoms with E-state index in [1.807, 2.05) is 26.0 Å². The Morgan fingerprint density at radius 2 is 1.52 bits per heavy atom. The van der Waals surface area contributed by atoms with E-state index in [1.165, 1.54) is 0 Å². The number of rotatable bonds is 9. The monoisotopic (exact) mass is 425 g/mol.